The van der Waals surface area contributed by atoms with Gasteiger partial charge in [0.25, 0.3) is 5.22 Å². The molecule has 0 fully saturated rings. The van der Waals surface area contributed by atoms with Crippen molar-refractivity contribution in [3.05, 3.63) is 41.3 Å². The van der Waals surface area contributed by atoms with E-state index in [1.54, 1.807) is 0 Å². The zero-order chi connectivity index (χ0) is 20.0. The Balaban J connectivity index is 2.04. The number of carbonyl (C=O) groups excluding carboxylic acids is 1. The monoisotopic (exact) mass is 391 g/mol. The van der Waals surface area contributed by atoms with E-state index in [9.17, 15) is 4.79 Å². The minimum atomic E-state index is -0.562. The summed E-state index contributed by atoms with van der Waals surface area (Å²) in [6, 6.07) is 7.96. The second kappa shape index (κ2) is 9.26. The third-order valence-electron chi connectivity index (χ3n) is 4.06. The van der Waals surface area contributed by atoms with Crippen LogP contribution in [0.25, 0.3) is 0 Å². The van der Waals surface area contributed by atoms with E-state index in [0.29, 0.717) is 11.1 Å². The fourth-order valence-corrected chi connectivity index (χ4v) is 3.08. The Morgan fingerprint density at radius 2 is 1.93 bits per heavy atom. The summed E-state index contributed by atoms with van der Waals surface area (Å²) in [5.41, 5.74) is 1.86. The van der Waals surface area contributed by atoms with Gasteiger partial charge in [-0.3, -0.25) is 0 Å². The minimum Gasteiger partial charge on any atom is -0.444 e. The molecular weight excluding hydrogens is 362 g/mol. The maximum atomic E-state index is 12.2. The molecule has 7 heteroatoms. The molecule has 27 heavy (non-hydrogen) atoms. The first kappa shape index (κ1) is 21.3. The first-order valence-electron chi connectivity index (χ1n) is 9.19. The van der Waals surface area contributed by atoms with Crippen molar-refractivity contribution in [2.75, 3.05) is 0 Å². The van der Waals surface area contributed by atoms with E-state index in [-0.39, 0.29) is 12.0 Å². The number of hydrogen-bond donors (Lipinski definition) is 1. The smallest absolute Gasteiger partial charge is 0.408 e. The van der Waals surface area contributed by atoms with E-state index in [1.165, 1.54) is 22.9 Å². The summed E-state index contributed by atoms with van der Waals surface area (Å²) in [6.45, 7) is 11.6. The van der Waals surface area contributed by atoms with Crippen molar-refractivity contribution in [1.82, 2.24) is 15.5 Å². The average Bonchev–Trinajstić information content (AvgIpc) is 3.05. The first-order valence-corrected chi connectivity index (χ1v) is 10.2. The Hall–Kier alpha value is -2.02. The van der Waals surface area contributed by atoms with Crippen LogP contribution in [-0.2, 0) is 10.5 Å². The molecule has 1 amide bonds. The van der Waals surface area contributed by atoms with Crippen LogP contribution < -0.4 is 5.32 Å². The van der Waals surface area contributed by atoms with E-state index < -0.39 is 11.7 Å². The Morgan fingerprint density at radius 1 is 1.26 bits per heavy atom. The molecule has 0 aliphatic heterocycles. The van der Waals surface area contributed by atoms with E-state index in [1.807, 2.05) is 27.7 Å². The zero-order valence-electron chi connectivity index (χ0n) is 16.9. The van der Waals surface area contributed by atoms with Crippen LogP contribution in [0.3, 0.4) is 0 Å². The number of aromatic nitrogens is 2. The summed E-state index contributed by atoms with van der Waals surface area (Å²) in [5.74, 6) is 1.28. The van der Waals surface area contributed by atoms with Gasteiger partial charge in [0.15, 0.2) is 0 Å². The van der Waals surface area contributed by atoms with Crippen LogP contribution in [0.2, 0.25) is 0 Å². The van der Waals surface area contributed by atoms with Crippen molar-refractivity contribution < 1.29 is 13.9 Å². The molecule has 6 nitrogen and oxygen atoms in total. The van der Waals surface area contributed by atoms with Crippen LogP contribution >= 0.6 is 11.8 Å². The van der Waals surface area contributed by atoms with Crippen LogP contribution in [0.4, 0.5) is 4.79 Å². The van der Waals surface area contributed by atoms with E-state index in [0.717, 1.165) is 12.2 Å². The second-order valence-corrected chi connectivity index (χ2v) is 8.62. The van der Waals surface area contributed by atoms with Gasteiger partial charge in [-0.25, -0.2) is 4.79 Å². The van der Waals surface area contributed by atoms with Gasteiger partial charge < -0.3 is 14.5 Å². The molecule has 1 N–H and O–H groups in total. The van der Waals surface area contributed by atoms with Crippen molar-refractivity contribution in [1.29, 1.82) is 0 Å². The fraction of sp³-hybridized carbons (Fsp3) is 0.550. The fourth-order valence-electron chi connectivity index (χ4n) is 2.35. The first-order chi connectivity index (χ1) is 12.7. The molecule has 2 aromatic rings. The standard InChI is InChI=1S/C20H29N3O3S/c1-7-14(3)16(21-18(24)26-20(4,5)6)17-22-23-19(25-17)27-12-15-10-8-13(2)9-11-15/h8-11,14,16H,7,12H2,1-6H3,(H,21,24)/t14-,16-/m1/s1. The number of benzene rings is 1. The normalized spacial score (nSPS) is 13.9. The molecule has 1 aromatic carbocycles. The highest BCUT2D eigenvalue weighted by atomic mass is 32.2. The van der Waals surface area contributed by atoms with Crippen LogP contribution in [0.5, 0.6) is 0 Å². The Morgan fingerprint density at radius 3 is 2.52 bits per heavy atom. The highest BCUT2D eigenvalue weighted by Crippen LogP contribution is 2.28. The van der Waals surface area contributed by atoms with Gasteiger partial charge in [0.1, 0.15) is 11.6 Å². The summed E-state index contributed by atoms with van der Waals surface area (Å²) in [7, 11) is 0. The van der Waals surface area contributed by atoms with Gasteiger partial charge in [0.05, 0.1) is 0 Å². The van der Waals surface area contributed by atoms with Gasteiger partial charge in [0, 0.05) is 5.75 Å². The van der Waals surface area contributed by atoms with Crippen molar-refractivity contribution in [3.63, 3.8) is 0 Å². The van der Waals surface area contributed by atoms with Crippen molar-refractivity contribution >= 4 is 17.9 Å². The maximum absolute atomic E-state index is 12.2. The summed E-state index contributed by atoms with van der Waals surface area (Å²) >= 11 is 1.48. The summed E-state index contributed by atoms with van der Waals surface area (Å²) in [4.78, 5) is 12.2. The second-order valence-electron chi connectivity index (χ2n) is 7.69. The van der Waals surface area contributed by atoms with E-state index in [4.69, 9.17) is 9.15 Å². The average molecular weight is 392 g/mol. The van der Waals surface area contributed by atoms with E-state index in [2.05, 4.69) is 53.6 Å². The summed E-state index contributed by atoms with van der Waals surface area (Å²) in [6.07, 6.45) is 0.370. The number of nitrogens with zero attached hydrogens (tertiary/aromatic N) is 2. The number of carbonyl (C=O) groups is 1. The van der Waals surface area contributed by atoms with Crippen molar-refractivity contribution in [2.45, 2.75) is 70.6 Å². The minimum absolute atomic E-state index is 0.132. The Kier molecular flexibility index (Phi) is 7.30. The molecule has 0 unspecified atom stereocenters. The van der Waals surface area contributed by atoms with Crippen molar-refractivity contribution in [3.8, 4) is 0 Å². The lowest BCUT2D eigenvalue weighted by Gasteiger charge is -2.24. The van der Waals surface area contributed by atoms with Gasteiger partial charge in [0.2, 0.25) is 5.89 Å². The van der Waals surface area contributed by atoms with Gasteiger partial charge in [-0.15, -0.1) is 10.2 Å². The Labute approximate surface area is 165 Å². The lowest BCUT2D eigenvalue weighted by atomic mass is 9.99. The number of amides is 1. The van der Waals surface area contributed by atoms with Gasteiger partial charge in [-0.1, -0.05) is 61.9 Å². The molecule has 0 aliphatic carbocycles. The van der Waals surface area contributed by atoms with Gasteiger partial charge >= 0.3 is 6.09 Å². The Bertz CT molecular complexity index is 738. The molecule has 0 aliphatic rings. The molecule has 2 atom stereocenters. The molecule has 2 rings (SSSR count). The predicted molar refractivity (Wildman–Crippen MR) is 107 cm³/mol. The number of rotatable bonds is 7. The predicted octanol–water partition coefficient (Wildman–Crippen LogP) is 5.28. The van der Waals surface area contributed by atoms with Gasteiger partial charge in [-0.05, 0) is 39.2 Å². The molecule has 148 valence electrons. The van der Waals surface area contributed by atoms with Crippen LogP contribution in [-0.4, -0.2) is 21.9 Å². The largest absolute Gasteiger partial charge is 0.444 e. The highest BCUT2D eigenvalue weighted by Gasteiger charge is 2.28. The van der Waals surface area contributed by atoms with Crippen molar-refractivity contribution in [2.24, 2.45) is 5.92 Å². The molecule has 0 saturated carbocycles. The SMILES string of the molecule is CC[C@@H](C)[C@@H](NC(=O)OC(C)(C)C)c1nnc(SCc2ccc(C)cc2)o1. The number of aryl methyl sites for hydroxylation is 1. The van der Waals surface area contributed by atoms with Gasteiger partial charge in [-0.2, -0.15) is 0 Å². The summed E-state index contributed by atoms with van der Waals surface area (Å²) in [5, 5.41) is 11.6. The van der Waals surface area contributed by atoms with E-state index >= 15 is 0 Å². The maximum Gasteiger partial charge on any atom is 0.408 e. The zero-order valence-corrected chi connectivity index (χ0v) is 17.7. The summed E-state index contributed by atoms with van der Waals surface area (Å²) < 4.78 is 11.2. The number of nitrogens with one attached hydrogen (secondary N) is 1. The lowest BCUT2D eigenvalue weighted by Crippen LogP contribution is -2.37. The topological polar surface area (TPSA) is 77.2 Å². The molecular formula is C20H29N3O3S. The number of hydrogen-bond acceptors (Lipinski definition) is 6. The van der Waals surface area contributed by atoms with Crippen LogP contribution in [0, 0.1) is 12.8 Å². The van der Waals surface area contributed by atoms with Crippen LogP contribution in [0.15, 0.2) is 33.9 Å². The number of alkyl carbamates (subject to hydrolysis) is 1. The third-order valence-corrected chi connectivity index (χ3v) is 4.95. The molecule has 0 radical (unpaired) electrons. The number of thioether (sulfide) groups is 1. The quantitative estimate of drug-likeness (QED) is 0.647. The molecule has 1 aromatic heterocycles. The highest BCUT2D eigenvalue weighted by molar-refractivity contribution is 7.98. The number of ether oxygens (including phenoxy) is 1. The molecule has 0 spiro atoms. The lowest BCUT2D eigenvalue weighted by molar-refractivity contribution is 0.0474. The molecule has 0 bridgehead atoms. The molecule has 0 saturated heterocycles. The third kappa shape index (κ3) is 6.90. The van der Waals surface area contributed by atoms with Crippen LogP contribution in [0.1, 0.15) is 64.1 Å². The molecule has 1 heterocycles.